The zero-order chi connectivity index (χ0) is 17.6. The Labute approximate surface area is 145 Å². The Bertz CT molecular complexity index is 595. The van der Waals surface area contributed by atoms with Crippen molar-refractivity contribution in [1.29, 1.82) is 0 Å². The molecule has 0 saturated heterocycles. The van der Waals surface area contributed by atoms with Gasteiger partial charge in [0.2, 0.25) is 0 Å². The lowest BCUT2D eigenvalue weighted by Gasteiger charge is -2.02. The quantitative estimate of drug-likeness (QED) is 0.474. The first-order chi connectivity index (χ1) is 11.7. The SMILES string of the molecule is C=C/C=C(\C=C/NCCCC(C)=O)/C=C/c1ccc(OCC)cc1. The van der Waals surface area contributed by atoms with Gasteiger partial charge in [-0.2, -0.15) is 0 Å². The normalized spacial score (nSPS) is 11.8. The molecule has 0 spiro atoms. The van der Waals surface area contributed by atoms with Crippen molar-refractivity contribution in [2.75, 3.05) is 13.2 Å². The number of Topliss-reactive ketones (excluding diaryl/α,β-unsaturated/α-hetero) is 1. The van der Waals surface area contributed by atoms with E-state index in [1.54, 1.807) is 13.0 Å². The van der Waals surface area contributed by atoms with Crippen LogP contribution in [-0.4, -0.2) is 18.9 Å². The van der Waals surface area contributed by atoms with Crippen LogP contribution < -0.4 is 10.1 Å². The van der Waals surface area contributed by atoms with Crippen LogP contribution in [0.15, 0.2) is 66.9 Å². The van der Waals surface area contributed by atoms with Gasteiger partial charge < -0.3 is 14.8 Å². The molecule has 0 unspecified atom stereocenters. The van der Waals surface area contributed by atoms with Gasteiger partial charge in [-0.05, 0) is 55.8 Å². The lowest BCUT2D eigenvalue weighted by atomic mass is 10.1. The molecule has 128 valence electrons. The van der Waals surface area contributed by atoms with Crippen LogP contribution in [0.25, 0.3) is 6.08 Å². The maximum Gasteiger partial charge on any atom is 0.129 e. The fraction of sp³-hybridized carbons (Fsp3) is 0.286. The Morgan fingerprint density at radius 1 is 1.25 bits per heavy atom. The Hall–Kier alpha value is -2.55. The summed E-state index contributed by atoms with van der Waals surface area (Å²) in [6.07, 6.45) is 13.1. The predicted molar refractivity (Wildman–Crippen MR) is 102 cm³/mol. The van der Waals surface area contributed by atoms with Crippen LogP contribution >= 0.6 is 0 Å². The van der Waals surface area contributed by atoms with Gasteiger partial charge in [0.05, 0.1) is 6.61 Å². The molecular formula is C21H27NO2. The third-order valence-corrected chi connectivity index (χ3v) is 3.21. The third-order valence-electron chi connectivity index (χ3n) is 3.21. The zero-order valence-corrected chi connectivity index (χ0v) is 14.6. The van der Waals surface area contributed by atoms with E-state index >= 15 is 0 Å². The molecule has 3 nitrogen and oxygen atoms in total. The van der Waals surface area contributed by atoms with Crippen LogP contribution in [0.2, 0.25) is 0 Å². The maximum absolute atomic E-state index is 10.9. The summed E-state index contributed by atoms with van der Waals surface area (Å²) in [7, 11) is 0. The molecule has 1 aromatic carbocycles. The first kappa shape index (κ1) is 19.5. The van der Waals surface area contributed by atoms with E-state index in [-0.39, 0.29) is 5.78 Å². The maximum atomic E-state index is 10.9. The first-order valence-corrected chi connectivity index (χ1v) is 8.28. The molecule has 0 atom stereocenters. The third kappa shape index (κ3) is 8.79. The second-order valence-corrected chi connectivity index (χ2v) is 5.33. The van der Waals surface area contributed by atoms with Gasteiger partial charge in [0.15, 0.2) is 0 Å². The molecule has 0 amide bonds. The fourth-order valence-corrected chi connectivity index (χ4v) is 2.01. The van der Waals surface area contributed by atoms with Crippen molar-refractivity contribution in [3.05, 3.63) is 72.5 Å². The highest BCUT2D eigenvalue weighted by atomic mass is 16.5. The standard InChI is InChI=1S/C21H27NO2/c1-4-7-19(15-17-22-16-6-8-18(3)23)9-10-20-11-13-21(14-12-20)24-5-2/h4,7,9-15,17,22H,1,5-6,8,16H2,2-3H3/b10-9+,17-15-,19-7-. The van der Waals surface area contributed by atoms with E-state index in [1.165, 1.54) is 0 Å². The average Bonchev–Trinajstić information content (AvgIpc) is 2.57. The van der Waals surface area contributed by atoms with Gasteiger partial charge in [-0.1, -0.05) is 43.0 Å². The van der Waals surface area contributed by atoms with E-state index in [0.717, 1.165) is 29.9 Å². The lowest BCUT2D eigenvalue weighted by molar-refractivity contribution is -0.117. The van der Waals surface area contributed by atoms with E-state index in [4.69, 9.17) is 4.74 Å². The van der Waals surface area contributed by atoms with Gasteiger partial charge in [0, 0.05) is 13.0 Å². The monoisotopic (exact) mass is 325 g/mol. The number of allylic oxidation sites excluding steroid dienone is 5. The molecule has 0 aliphatic heterocycles. The Kier molecular flexibility index (Phi) is 9.70. The number of hydrogen-bond donors (Lipinski definition) is 1. The van der Waals surface area contributed by atoms with E-state index in [9.17, 15) is 4.79 Å². The zero-order valence-electron chi connectivity index (χ0n) is 14.6. The van der Waals surface area contributed by atoms with Crippen LogP contribution in [0.4, 0.5) is 0 Å². The summed E-state index contributed by atoms with van der Waals surface area (Å²) in [5.74, 6) is 1.11. The molecule has 0 aromatic heterocycles. The fourth-order valence-electron chi connectivity index (χ4n) is 2.01. The molecule has 0 aliphatic carbocycles. The summed E-state index contributed by atoms with van der Waals surface area (Å²) in [6, 6.07) is 7.98. The summed E-state index contributed by atoms with van der Waals surface area (Å²) < 4.78 is 5.44. The Balaban J connectivity index is 2.54. The highest BCUT2D eigenvalue weighted by molar-refractivity contribution is 5.75. The molecule has 1 rings (SSSR count). The summed E-state index contributed by atoms with van der Waals surface area (Å²) in [5, 5.41) is 3.19. The van der Waals surface area contributed by atoms with Gasteiger partial charge in [-0.15, -0.1) is 0 Å². The number of carbonyl (C=O) groups excluding carboxylic acids is 1. The van der Waals surface area contributed by atoms with Crippen LogP contribution in [0.1, 0.15) is 32.3 Å². The number of rotatable bonds is 11. The minimum Gasteiger partial charge on any atom is -0.494 e. The number of carbonyl (C=O) groups is 1. The van der Waals surface area contributed by atoms with E-state index < -0.39 is 0 Å². The van der Waals surface area contributed by atoms with Crippen molar-refractivity contribution in [1.82, 2.24) is 5.32 Å². The number of ether oxygens (including phenoxy) is 1. The van der Waals surface area contributed by atoms with Gasteiger partial charge in [0.1, 0.15) is 11.5 Å². The summed E-state index contributed by atoms with van der Waals surface area (Å²) in [5.41, 5.74) is 2.15. The van der Waals surface area contributed by atoms with Crippen molar-refractivity contribution in [3.8, 4) is 5.75 Å². The highest BCUT2D eigenvalue weighted by Crippen LogP contribution is 2.14. The summed E-state index contributed by atoms with van der Waals surface area (Å²) in [4.78, 5) is 10.9. The topological polar surface area (TPSA) is 38.3 Å². The molecule has 0 heterocycles. The molecule has 0 saturated carbocycles. The van der Waals surface area contributed by atoms with E-state index in [1.807, 2.05) is 61.7 Å². The number of ketones is 1. The number of hydrogen-bond acceptors (Lipinski definition) is 3. The van der Waals surface area contributed by atoms with E-state index in [0.29, 0.717) is 13.0 Å². The highest BCUT2D eigenvalue weighted by Gasteiger charge is 1.93. The molecule has 0 aliphatic rings. The first-order valence-electron chi connectivity index (χ1n) is 8.28. The molecule has 0 radical (unpaired) electrons. The van der Waals surface area contributed by atoms with Crippen LogP contribution in [0.3, 0.4) is 0 Å². The molecule has 24 heavy (non-hydrogen) atoms. The van der Waals surface area contributed by atoms with Crippen LogP contribution in [0.5, 0.6) is 5.75 Å². The van der Waals surface area contributed by atoms with Gasteiger partial charge in [-0.3, -0.25) is 0 Å². The smallest absolute Gasteiger partial charge is 0.129 e. The largest absolute Gasteiger partial charge is 0.494 e. The molecule has 0 fully saturated rings. The number of nitrogens with one attached hydrogen (secondary N) is 1. The van der Waals surface area contributed by atoms with Crippen LogP contribution in [-0.2, 0) is 4.79 Å². The van der Waals surface area contributed by atoms with Gasteiger partial charge in [0.25, 0.3) is 0 Å². The molecule has 1 N–H and O–H groups in total. The lowest BCUT2D eigenvalue weighted by Crippen LogP contribution is -2.08. The Morgan fingerprint density at radius 2 is 2.00 bits per heavy atom. The Morgan fingerprint density at radius 3 is 2.62 bits per heavy atom. The second kappa shape index (κ2) is 11.9. The van der Waals surface area contributed by atoms with E-state index in [2.05, 4.69) is 11.9 Å². The van der Waals surface area contributed by atoms with Gasteiger partial charge in [-0.25, -0.2) is 0 Å². The molecular weight excluding hydrogens is 298 g/mol. The molecule has 0 bridgehead atoms. The van der Waals surface area contributed by atoms with Crippen molar-refractivity contribution in [2.45, 2.75) is 26.7 Å². The van der Waals surface area contributed by atoms with Crippen molar-refractivity contribution >= 4 is 11.9 Å². The number of benzene rings is 1. The minimum absolute atomic E-state index is 0.228. The van der Waals surface area contributed by atoms with Gasteiger partial charge >= 0.3 is 0 Å². The van der Waals surface area contributed by atoms with Crippen molar-refractivity contribution < 1.29 is 9.53 Å². The summed E-state index contributed by atoms with van der Waals surface area (Å²) in [6.45, 7) is 8.80. The molecule has 1 aromatic rings. The predicted octanol–water partition coefficient (Wildman–Crippen LogP) is 4.68. The minimum atomic E-state index is 0.228. The molecule has 3 heteroatoms. The van der Waals surface area contributed by atoms with Crippen molar-refractivity contribution in [2.24, 2.45) is 0 Å². The van der Waals surface area contributed by atoms with Crippen LogP contribution in [0, 0.1) is 0 Å². The van der Waals surface area contributed by atoms with Crippen molar-refractivity contribution in [3.63, 3.8) is 0 Å². The summed E-state index contributed by atoms with van der Waals surface area (Å²) >= 11 is 0. The average molecular weight is 325 g/mol. The second-order valence-electron chi connectivity index (χ2n) is 5.33.